The molecule has 1 aromatic heterocycles. The Labute approximate surface area is 117 Å². The van der Waals surface area contributed by atoms with Crippen LogP contribution in [0.4, 0.5) is 0 Å². The number of nitrogens with one attached hydrogen (secondary N) is 1. The van der Waals surface area contributed by atoms with Crippen molar-refractivity contribution in [1.82, 2.24) is 9.71 Å². The first kappa shape index (κ1) is 14.2. The second-order valence-electron chi connectivity index (χ2n) is 4.30. The van der Waals surface area contributed by atoms with Gasteiger partial charge in [-0.05, 0) is 5.56 Å². The summed E-state index contributed by atoms with van der Waals surface area (Å²) >= 11 is 1.63. The minimum absolute atomic E-state index is 0.400. The van der Waals surface area contributed by atoms with Gasteiger partial charge >= 0.3 is 0 Å². The molecule has 1 heterocycles. The number of sulfonamides is 1. The zero-order chi connectivity index (χ0) is 13.7. The van der Waals surface area contributed by atoms with Crippen molar-refractivity contribution < 1.29 is 8.42 Å². The van der Waals surface area contributed by atoms with Gasteiger partial charge in [-0.1, -0.05) is 30.3 Å². The Morgan fingerprint density at radius 3 is 2.68 bits per heavy atom. The van der Waals surface area contributed by atoms with E-state index in [9.17, 15) is 8.42 Å². The topological polar surface area (TPSA) is 59.1 Å². The van der Waals surface area contributed by atoms with Crippen LogP contribution >= 0.6 is 11.3 Å². The van der Waals surface area contributed by atoms with E-state index >= 15 is 0 Å². The van der Waals surface area contributed by atoms with Crippen LogP contribution < -0.4 is 4.72 Å². The van der Waals surface area contributed by atoms with Gasteiger partial charge in [0.1, 0.15) is 0 Å². The van der Waals surface area contributed by atoms with Gasteiger partial charge in [0.25, 0.3) is 0 Å². The second kappa shape index (κ2) is 6.27. The van der Waals surface area contributed by atoms with Crippen LogP contribution in [0.2, 0.25) is 0 Å². The molecule has 0 aliphatic heterocycles. The average Bonchev–Trinajstić information content (AvgIpc) is 2.76. The van der Waals surface area contributed by atoms with Crippen LogP contribution in [0.15, 0.2) is 36.5 Å². The zero-order valence-electron chi connectivity index (χ0n) is 10.7. The van der Waals surface area contributed by atoms with Gasteiger partial charge in [0, 0.05) is 30.5 Å². The third-order valence-electron chi connectivity index (χ3n) is 2.53. The third kappa shape index (κ3) is 5.10. The molecular formula is C13H16N2O2S2. The third-order valence-corrected chi connectivity index (χ3v) is 4.31. The van der Waals surface area contributed by atoms with Crippen molar-refractivity contribution in [2.45, 2.75) is 12.8 Å². The predicted molar refractivity (Wildman–Crippen MR) is 77.9 cm³/mol. The molecule has 4 nitrogen and oxygen atoms in total. The highest BCUT2D eigenvalue weighted by atomic mass is 32.2. The maximum absolute atomic E-state index is 10.9. The highest BCUT2D eigenvalue weighted by Crippen LogP contribution is 2.17. The Bertz CT molecular complexity index is 621. The smallest absolute Gasteiger partial charge is 0.208 e. The maximum atomic E-state index is 10.9. The van der Waals surface area contributed by atoms with E-state index in [0.29, 0.717) is 13.0 Å². The van der Waals surface area contributed by atoms with E-state index < -0.39 is 10.0 Å². The van der Waals surface area contributed by atoms with Gasteiger partial charge < -0.3 is 0 Å². The van der Waals surface area contributed by atoms with Gasteiger partial charge in [-0.25, -0.2) is 18.1 Å². The van der Waals surface area contributed by atoms with Crippen LogP contribution in [0, 0.1) is 0 Å². The minimum atomic E-state index is -3.11. The monoisotopic (exact) mass is 296 g/mol. The molecule has 0 atom stereocenters. The van der Waals surface area contributed by atoms with Crippen LogP contribution in [0.25, 0.3) is 0 Å². The lowest BCUT2D eigenvalue weighted by Gasteiger charge is -1.99. The van der Waals surface area contributed by atoms with Gasteiger partial charge in [-0.15, -0.1) is 11.3 Å². The summed E-state index contributed by atoms with van der Waals surface area (Å²) in [4.78, 5) is 5.51. The number of rotatable bonds is 6. The quantitative estimate of drug-likeness (QED) is 0.884. The fourth-order valence-electron chi connectivity index (χ4n) is 1.69. The van der Waals surface area contributed by atoms with Crippen molar-refractivity contribution >= 4 is 21.4 Å². The first-order valence-corrected chi connectivity index (χ1v) is 8.66. The van der Waals surface area contributed by atoms with E-state index in [2.05, 4.69) is 21.8 Å². The summed E-state index contributed by atoms with van der Waals surface area (Å²) in [7, 11) is -3.11. The van der Waals surface area contributed by atoms with E-state index in [1.165, 1.54) is 10.4 Å². The lowest BCUT2D eigenvalue weighted by atomic mass is 10.1. The van der Waals surface area contributed by atoms with E-state index in [1.54, 1.807) is 11.3 Å². The summed E-state index contributed by atoms with van der Waals surface area (Å²) in [6.07, 6.45) is 4.54. The van der Waals surface area contributed by atoms with Gasteiger partial charge in [-0.2, -0.15) is 0 Å². The molecule has 0 radical (unpaired) electrons. The Kier molecular flexibility index (Phi) is 4.68. The standard InChI is InChI=1S/C13H16N2O2S2/c1-19(16,17)15-8-7-13-14-10-12(18-13)9-11-5-3-2-4-6-11/h2-6,10,15H,7-9H2,1H3. The first-order chi connectivity index (χ1) is 9.03. The number of nitrogens with zero attached hydrogens (tertiary/aromatic N) is 1. The summed E-state index contributed by atoms with van der Waals surface area (Å²) in [5, 5.41) is 0.960. The number of thiazole rings is 1. The molecule has 0 fully saturated rings. The summed E-state index contributed by atoms with van der Waals surface area (Å²) in [6, 6.07) is 10.2. The Morgan fingerprint density at radius 2 is 2.00 bits per heavy atom. The largest absolute Gasteiger partial charge is 0.249 e. The lowest BCUT2D eigenvalue weighted by molar-refractivity contribution is 0.588. The fourth-order valence-corrected chi connectivity index (χ4v) is 3.12. The number of aromatic nitrogens is 1. The van der Waals surface area contributed by atoms with Crippen LogP contribution in [0.3, 0.4) is 0 Å². The summed E-state index contributed by atoms with van der Waals surface area (Å²) < 4.78 is 24.3. The molecule has 0 aliphatic rings. The molecule has 1 N–H and O–H groups in total. The van der Waals surface area contributed by atoms with Crippen molar-refractivity contribution in [2.24, 2.45) is 0 Å². The first-order valence-electron chi connectivity index (χ1n) is 5.95. The molecule has 2 aromatic rings. The molecule has 0 bridgehead atoms. The van der Waals surface area contributed by atoms with Crippen LogP contribution in [0.5, 0.6) is 0 Å². The van der Waals surface area contributed by atoms with E-state index in [4.69, 9.17) is 0 Å². The molecular weight excluding hydrogens is 280 g/mol. The Morgan fingerprint density at radius 1 is 1.26 bits per heavy atom. The van der Waals surface area contributed by atoms with Crippen molar-refractivity contribution in [1.29, 1.82) is 0 Å². The van der Waals surface area contributed by atoms with Gasteiger partial charge in [-0.3, -0.25) is 0 Å². The molecule has 19 heavy (non-hydrogen) atoms. The van der Waals surface area contributed by atoms with Gasteiger partial charge in [0.05, 0.1) is 11.3 Å². The van der Waals surface area contributed by atoms with Crippen molar-refractivity contribution in [3.63, 3.8) is 0 Å². The molecule has 0 amide bonds. The van der Waals surface area contributed by atoms with Crippen molar-refractivity contribution in [2.75, 3.05) is 12.8 Å². The molecule has 0 aliphatic carbocycles. The predicted octanol–water partition coefficient (Wildman–Crippen LogP) is 1.83. The van der Waals surface area contributed by atoms with Crippen LogP contribution in [-0.2, 0) is 22.9 Å². The SMILES string of the molecule is CS(=O)(=O)NCCc1ncc(Cc2ccccc2)s1. The number of hydrogen-bond donors (Lipinski definition) is 1. The molecule has 6 heteroatoms. The second-order valence-corrected chi connectivity index (χ2v) is 7.33. The zero-order valence-corrected chi connectivity index (χ0v) is 12.3. The average molecular weight is 296 g/mol. The molecule has 0 saturated carbocycles. The molecule has 1 aromatic carbocycles. The lowest BCUT2D eigenvalue weighted by Crippen LogP contribution is -2.24. The fraction of sp³-hybridized carbons (Fsp3) is 0.308. The van der Waals surface area contributed by atoms with Gasteiger partial charge in [0.15, 0.2) is 0 Å². The minimum Gasteiger partial charge on any atom is -0.249 e. The Balaban J connectivity index is 1.89. The Hall–Kier alpha value is -1.24. The van der Waals surface area contributed by atoms with E-state index in [-0.39, 0.29) is 0 Å². The summed E-state index contributed by atoms with van der Waals surface area (Å²) in [5.41, 5.74) is 1.26. The van der Waals surface area contributed by atoms with Crippen LogP contribution in [-0.4, -0.2) is 26.2 Å². The molecule has 0 saturated heterocycles. The molecule has 0 spiro atoms. The summed E-state index contributed by atoms with van der Waals surface area (Å²) in [5.74, 6) is 0. The van der Waals surface area contributed by atoms with E-state index in [0.717, 1.165) is 17.7 Å². The summed E-state index contributed by atoms with van der Waals surface area (Å²) in [6.45, 7) is 0.400. The number of hydrogen-bond acceptors (Lipinski definition) is 4. The molecule has 102 valence electrons. The highest BCUT2D eigenvalue weighted by molar-refractivity contribution is 7.88. The van der Waals surface area contributed by atoms with E-state index in [1.807, 2.05) is 24.4 Å². The molecule has 2 rings (SSSR count). The van der Waals surface area contributed by atoms with Crippen molar-refractivity contribution in [3.8, 4) is 0 Å². The normalized spacial score (nSPS) is 11.6. The maximum Gasteiger partial charge on any atom is 0.208 e. The number of benzene rings is 1. The van der Waals surface area contributed by atoms with Crippen LogP contribution in [0.1, 0.15) is 15.4 Å². The van der Waals surface area contributed by atoms with Crippen molar-refractivity contribution in [3.05, 3.63) is 52.0 Å². The highest BCUT2D eigenvalue weighted by Gasteiger charge is 2.05. The van der Waals surface area contributed by atoms with Gasteiger partial charge in [0.2, 0.25) is 10.0 Å². The molecule has 0 unspecified atom stereocenters.